The van der Waals surface area contributed by atoms with Gasteiger partial charge in [-0.3, -0.25) is 9.59 Å². The van der Waals surface area contributed by atoms with Gasteiger partial charge in [-0.2, -0.15) is 0 Å². The lowest BCUT2D eigenvalue weighted by Gasteiger charge is -2.31. The Balaban J connectivity index is 1.95. The first-order valence-electron chi connectivity index (χ1n) is 10.0. The zero-order valence-electron chi connectivity index (χ0n) is 17.7. The fourth-order valence-electron chi connectivity index (χ4n) is 4.02. The summed E-state index contributed by atoms with van der Waals surface area (Å²) in [6.07, 6.45) is 1.05. The van der Waals surface area contributed by atoms with E-state index in [1.165, 1.54) is 0 Å². The summed E-state index contributed by atoms with van der Waals surface area (Å²) >= 11 is 0. The van der Waals surface area contributed by atoms with Crippen LogP contribution in [0.3, 0.4) is 0 Å². The molecular formula is C24H30N2O3. The average Bonchev–Trinajstić information content (AvgIpc) is 2.89. The van der Waals surface area contributed by atoms with E-state index in [1.807, 2.05) is 54.6 Å². The molecule has 1 aliphatic rings. The molecule has 0 radical (unpaired) electrons. The van der Waals surface area contributed by atoms with Gasteiger partial charge in [0.25, 0.3) is 0 Å². The van der Waals surface area contributed by atoms with E-state index < -0.39 is 11.0 Å². The molecule has 0 fully saturated rings. The molecule has 1 atom stereocenters. The quantitative estimate of drug-likeness (QED) is 0.785. The summed E-state index contributed by atoms with van der Waals surface area (Å²) in [5.74, 6) is -0.143. The van der Waals surface area contributed by atoms with E-state index in [9.17, 15) is 14.7 Å². The van der Waals surface area contributed by atoms with Crippen molar-refractivity contribution in [2.75, 3.05) is 25.5 Å². The van der Waals surface area contributed by atoms with Crippen LogP contribution < -0.4 is 4.90 Å². The van der Waals surface area contributed by atoms with E-state index in [-0.39, 0.29) is 18.2 Å². The van der Waals surface area contributed by atoms with Gasteiger partial charge in [0.1, 0.15) is 0 Å². The maximum atomic E-state index is 13.5. The van der Waals surface area contributed by atoms with Gasteiger partial charge in [0.05, 0.1) is 11.0 Å². The van der Waals surface area contributed by atoms with Crippen LogP contribution in [-0.2, 0) is 21.4 Å². The highest BCUT2D eigenvalue weighted by Crippen LogP contribution is 2.45. The molecule has 0 saturated heterocycles. The molecule has 2 amide bonds. The van der Waals surface area contributed by atoms with E-state index in [1.54, 1.807) is 37.7 Å². The van der Waals surface area contributed by atoms with Crippen LogP contribution in [0.25, 0.3) is 0 Å². The molecule has 0 spiro atoms. The molecule has 1 N–H and O–H groups in total. The van der Waals surface area contributed by atoms with Crippen LogP contribution in [0.5, 0.6) is 0 Å². The minimum Gasteiger partial charge on any atom is -0.390 e. The SMILES string of the molecule is CN(CCC(C)(C)O)C(=O)C[C@@]1(Cc2ccccc2)C(=O)N(C)c2ccccc21. The van der Waals surface area contributed by atoms with Crippen molar-refractivity contribution in [1.82, 2.24) is 4.90 Å². The molecule has 5 nitrogen and oxygen atoms in total. The Morgan fingerprint density at radius 3 is 2.38 bits per heavy atom. The van der Waals surface area contributed by atoms with Crippen LogP contribution in [0.2, 0.25) is 0 Å². The molecule has 154 valence electrons. The second-order valence-electron chi connectivity index (χ2n) is 8.68. The molecule has 0 unspecified atom stereocenters. The van der Waals surface area contributed by atoms with Gasteiger partial charge in [-0.25, -0.2) is 0 Å². The van der Waals surface area contributed by atoms with E-state index in [2.05, 4.69) is 0 Å². The summed E-state index contributed by atoms with van der Waals surface area (Å²) in [5.41, 5.74) is 1.03. The van der Waals surface area contributed by atoms with Crippen LogP contribution in [0.4, 0.5) is 5.69 Å². The molecule has 1 aliphatic heterocycles. The molecule has 1 heterocycles. The van der Waals surface area contributed by atoms with Crippen LogP contribution in [0.1, 0.15) is 37.8 Å². The largest absolute Gasteiger partial charge is 0.390 e. The Morgan fingerprint density at radius 2 is 1.72 bits per heavy atom. The second kappa shape index (κ2) is 7.99. The van der Waals surface area contributed by atoms with Gasteiger partial charge >= 0.3 is 0 Å². The molecule has 29 heavy (non-hydrogen) atoms. The molecule has 0 aliphatic carbocycles. The number of benzene rings is 2. The monoisotopic (exact) mass is 394 g/mol. The predicted octanol–water partition coefficient (Wildman–Crippen LogP) is 3.15. The van der Waals surface area contributed by atoms with Crippen molar-refractivity contribution >= 4 is 17.5 Å². The minimum atomic E-state index is -0.924. The maximum absolute atomic E-state index is 13.5. The average molecular weight is 395 g/mol. The zero-order valence-corrected chi connectivity index (χ0v) is 17.7. The normalized spacial score (nSPS) is 18.7. The molecule has 0 saturated carbocycles. The molecule has 3 rings (SSSR count). The summed E-state index contributed by atoms with van der Waals surface area (Å²) < 4.78 is 0. The van der Waals surface area contributed by atoms with E-state index in [4.69, 9.17) is 0 Å². The maximum Gasteiger partial charge on any atom is 0.238 e. The predicted molar refractivity (Wildman–Crippen MR) is 115 cm³/mol. The Bertz CT molecular complexity index is 888. The summed E-state index contributed by atoms with van der Waals surface area (Å²) in [7, 11) is 3.51. The molecule has 0 bridgehead atoms. The van der Waals surface area contributed by atoms with E-state index in [0.717, 1.165) is 16.8 Å². The lowest BCUT2D eigenvalue weighted by Crippen LogP contribution is -2.45. The number of carbonyl (C=O) groups is 2. The van der Waals surface area contributed by atoms with Crippen molar-refractivity contribution in [3.8, 4) is 0 Å². The van der Waals surface area contributed by atoms with Gasteiger partial charge in [0.15, 0.2) is 0 Å². The highest BCUT2D eigenvalue weighted by molar-refractivity contribution is 6.09. The van der Waals surface area contributed by atoms with Gasteiger partial charge in [0.2, 0.25) is 11.8 Å². The molecule has 2 aromatic rings. The standard InChI is InChI=1S/C24H30N2O3/c1-23(2,29)14-15-25(3)21(27)17-24(16-18-10-6-5-7-11-18)19-12-8-9-13-20(19)26(4)22(24)28/h5-13,29H,14-17H2,1-4H3/t24-/m1/s1. The third-order valence-electron chi connectivity index (χ3n) is 5.78. The van der Waals surface area contributed by atoms with Crippen molar-refractivity contribution in [2.45, 2.75) is 44.1 Å². The third-order valence-corrected chi connectivity index (χ3v) is 5.78. The molecule has 2 aromatic carbocycles. The van der Waals surface area contributed by atoms with Gasteiger partial charge < -0.3 is 14.9 Å². The van der Waals surface area contributed by atoms with Crippen molar-refractivity contribution in [2.24, 2.45) is 0 Å². The van der Waals surface area contributed by atoms with Crippen molar-refractivity contribution in [3.63, 3.8) is 0 Å². The van der Waals surface area contributed by atoms with Crippen molar-refractivity contribution in [1.29, 1.82) is 0 Å². The molecule has 0 aromatic heterocycles. The first kappa shape index (κ1) is 21.1. The van der Waals surface area contributed by atoms with Crippen molar-refractivity contribution in [3.05, 3.63) is 65.7 Å². The zero-order chi connectivity index (χ0) is 21.2. The van der Waals surface area contributed by atoms with Gasteiger partial charge in [-0.15, -0.1) is 0 Å². The van der Waals surface area contributed by atoms with E-state index in [0.29, 0.717) is 19.4 Å². The van der Waals surface area contributed by atoms with Crippen LogP contribution in [0, 0.1) is 0 Å². The number of fused-ring (bicyclic) bond motifs is 1. The van der Waals surface area contributed by atoms with Gasteiger partial charge in [0, 0.05) is 32.7 Å². The number of likely N-dealkylation sites (N-methyl/N-ethyl adjacent to an activating group) is 1. The number of anilines is 1. The fourth-order valence-corrected chi connectivity index (χ4v) is 4.02. The van der Waals surface area contributed by atoms with Crippen molar-refractivity contribution < 1.29 is 14.7 Å². The Kier molecular flexibility index (Phi) is 5.80. The lowest BCUT2D eigenvalue weighted by molar-refractivity contribution is -0.135. The summed E-state index contributed by atoms with van der Waals surface area (Å²) in [5, 5.41) is 9.99. The minimum absolute atomic E-state index is 0.0493. The fraction of sp³-hybridized carbons (Fsp3) is 0.417. The number of carbonyl (C=O) groups excluding carboxylic acids is 2. The lowest BCUT2D eigenvalue weighted by atomic mass is 9.73. The van der Waals surface area contributed by atoms with Crippen LogP contribution in [0.15, 0.2) is 54.6 Å². The number of hydrogen-bond donors (Lipinski definition) is 1. The summed E-state index contributed by atoms with van der Waals surface area (Å²) in [6, 6.07) is 17.6. The Labute approximate surface area is 172 Å². The van der Waals surface area contributed by atoms with Crippen LogP contribution >= 0.6 is 0 Å². The van der Waals surface area contributed by atoms with Crippen LogP contribution in [-0.4, -0.2) is 48.1 Å². The highest BCUT2D eigenvalue weighted by Gasteiger charge is 2.51. The highest BCUT2D eigenvalue weighted by atomic mass is 16.3. The molecular weight excluding hydrogens is 364 g/mol. The van der Waals surface area contributed by atoms with Gasteiger partial charge in [-0.1, -0.05) is 48.5 Å². The third kappa shape index (κ3) is 4.35. The number of aliphatic hydroxyl groups is 1. The summed E-state index contributed by atoms with van der Waals surface area (Å²) in [6.45, 7) is 3.90. The Morgan fingerprint density at radius 1 is 1.10 bits per heavy atom. The van der Waals surface area contributed by atoms with E-state index >= 15 is 0 Å². The Hall–Kier alpha value is -2.66. The number of hydrogen-bond acceptors (Lipinski definition) is 3. The number of amides is 2. The summed E-state index contributed by atoms with van der Waals surface area (Å²) in [4.78, 5) is 29.9. The smallest absolute Gasteiger partial charge is 0.238 e. The molecule has 5 heteroatoms. The van der Waals surface area contributed by atoms with Gasteiger partial charge in [-0.05, 0) is 43.9 Å². The first-order valence-corrected chi connectivity index (χ1v) is 10.0. The number of rotatable bonds is 7. The first-order chi connectivity index (χ1) is 13.6. The number of para-hydroxylation sites is 1. The second-order valence-corrected chi connectivity index (χ2v) is 8.68. The topological polar surface area (TPSA) is 60.9 Å². The number of nitrogens with zero attached hydrogens (tertiary/aromatic N) is 2.